The molecule has 0 aliphatic rings. The number of hydrogen-bond donors (Lipinski definition) is 2. The van der Waals surface area contributed by atoms with Gasteiger partial charge in [-0.05, 0) is 53.0 Å². The molecular formula is C15H18BrN3S. The quantitative estimate of drug-likeness (QED) is 0.476. The van der Waals surface area contributed by atoms with E-state index in [-0.39, 0.29) is 6.04 Å². The second-order valence-corrected chi connectivity index (χ2v) is 6.72. The van der Waals surface area contributed by atoms with Crippen molar-refractivity contribution >= 4 is 27.7 Å². The van der Waals surface area contributed by atoms with Gasteiger partial charge < -0.3 is 0 Å². The molecule has 0 fully saturated rings. The highest BCUT2D eigenvalue weighted by molar-refractivity contribution is 9.10. The van der Waals surface area contributed by atoms with Gasteiger partial charge in [-0.25, -0.2) is 0 Å². The number of halogens is 1. The summed E-state index contributed by atoms with van der Waals surface area (Å²) < 4.78 is 0.997. The van der Waals surface area contributed by atoms with Crippen LogP contribution in [0, 0.1) is 6.92 Å². The Morgan fingerprint density at radius 3 is 2.90 bits per heavy atom. The SMILES string of the molecule is Cc1cccc(SCC(Cc2cncc(Br)c2)NN)c1. The third-order valence-electron chi connectivity index (χ3n) is 2.92. The maximum absolute atomic E-state index is 5.66. The molecule has 20 heavy (non-hydrogen) atoms. The van der Waals surface area contributed by atoms with Crippen LogP contribution in [0.3, 0.4) is 0 Å². The molecule has 0 spiro atoms. The number of rotatable bonds is 6. The lowest BCUT2D eigenvalue weighted by Gasteiger charge is -2.15. The Morgan fingerprint density at radius 1 is 1.35 bits per heavy atom. The Morgan fingerprint density at radius 2 is 2.20 bits per heavy atom. The van der Waals surface area contributed by atoms with Crippen molar-refractivity contribution in [1.29, 1.82) is 0 Å². The van der Waals surface area contributed by atoms with E-state index in [1.165, 1.54) is 16.0 Å². The van der Waals surface area contributed by atoms with Gasteiger partial charge in [0.15, 0.2) is 0 Å². The van der Waals surface area contributed by atoms with Crippen LogP contribution in [0.15, 0.2) is 52.1 Å². The van der Waals surface area contributed by atoms with E-state index in [4.69, 9.17) is 5.84 Å². The van der Waals surface area contributed by atoms with Crippen LogP contribution in [-0.2, 0) is 6.42 Å². The van der Waals surface area contributed by atoms with Crippen molar-refractivity contribution in [3.05, 3.63) is 58.3 Å². The van der Waals surface area contributed by atoms with E-state index in [1.807, 2.05) is 18.0 Å². The molecule has 0 aliphatic carbocycles. The van der Waals surface area contributed by atoms with Crippen LogP contribution < -0.4 is 11.3 Å². The number of aryl methyl sites for hydroxylation is 1. The Kier molecular flexibility index (Phi) is 6.04. The van der Waals surface area contributed by atoms with Crippen molar-refractivity contribution in [3.63, 3.8) is 0 Å². The molecule has 2 aromatic rings. The van der Waals surface area contributed by atoms with Crippen molar-refractivity contribution in [2.45, 2.75) is 24.3 Å². The second-order valence-electron chi connectivity index (χ2n) is 4.71. The third kappa shape index (κ3) is 4.90. The van der Waals surface area contributed by atoms with Gasteiger partial charge in [0.2, 0.25) is 0 Å². The fourth-order valence-corrected chi connectivity index (χ4v) is 3.38. The molecule has 1 aromatic heterocycles. The summed E-state index contributed by atoms with van der Waals surface area (Å²) in [6.07, 6.45) is 4.53. The molecule has 0 radical (unpaired) electrons. The summed E-state index contributed by atoms with van der Waals surface area (Å²) in [5.41, 5.74) is 5.35. The zero-order valence-electron chi connectivity index (χ0n) is 11.3. The Labute approximate surface area is 132 Å². The molecular weight excluding hydrogens is 334 g/mol. The summed E-state index contributed by atoms with van der Waals surface area (Å²) in [5.74, 6) is 6.58. The maximum atomic E-state index is 5.66. The van der Waals surface area contributed by atoms with Crippen molar-refractivity contribution in [3.8, 4) is 0 Å². The number of nitrogens with two attached hydrogens (primary N) is 1. The lowest BCUT2D eigenvalue weighted by molar-refractivity contribution is 0.574. The Balaban J connectivity index is 1.92. The molecule has 1 aromatic carbocycles. The fraction of sp³-hybridized carbons (Fsp3) is 0.267. The first-order valence-electron chi connectivity index (χ1n) is 6.42. The van der Waals surface area contributed by atoms with Gasteiger partial charge in [0.05, 0.1) is 0 Å². The monoisotopic (exact) mass is 351 g/mol. The van der Waals surface area contributed by atoms with Crippen LogP contribution >= 0.6 is 27.7 Å². The lowest BCUT2D eigenvalue weighted by atomic mass is 10.1. The molecule has 1 unspecified atom stereocenters. The highest BCUT2D eigenvalue weighted by atomic mass is 79.9. The van der Waals surface area contributed by atoms with Crippen molar-refractivity contribution in [2.24, 2.45) is 5.84 Å². The summed E-state index contributed by atoms with van der Waals surface area (Å²) in [6, 6.07) is 10.8. The Bertz CT molecular complexity index is 562. The van der Waals surface area contributed by atoms with Crippen LogP contribution in [0.5, 0.6) is 0 Å². The van der Waals surface area contributed by atoms with Gasteiger partial charge >= 0.3 is 0 Å². The summed E-state index contributed by atoms with van der Waals surface area (Å²) in [5, 5.41) is 0. The molecule has 106 valence electrons. The molecule has 5 heteroatoms. The maximum Gasteiger partial charge on any atom is 0.0410 e. The standard InChI is InChI=1S/C15H18BrN3S/c1-11-3-2-4-15(5-11)20-10-14(19-17)7-12-6-13(16)9-18-8-12/h2-6,8-9,14,19H,7,10,17H2,1H3. The minimum Gasteiger partial charge on any atom is -0.271 e. The number of hydrazine groups is 1. The lowest BCUT2D eigenvalue weighted by Crippen LogP contribution is -2.38. The summed E-state index contributed by atoms with van der Waals surface area (Å²) in [7, 11) is 0. The normalized spacial score (nSPS) is 12.3. The van der Waals surface area contributed by atoms with Crippen LogP contribution in [0.1, 0.15) is 11.1 Å². The average Bonchev–Trinajstić information content (AvgIpc) is 2.43. The van der Waals surface area contributed by atoms with Crippen LogP contribution in [0.25, 0.3) is 0 Å². The van der Waals surface area contributed by atoms with E-state index < -0.39 is 0 Å². The minimum absolute atomic E-state index is 0.219. The molecule has 0 amide bonds. The molecule has 1 heterocycles. The molecule has 0 bridgehead atoms. The van der Waals surface area contributed by atoms with Gasteiger partial charge in [-0.15, -0.1) is 11.8 Å². The van der Waals surface area contributed by atoms with Crippen LogP contribution in [0.2, 0.25) is 0 Å². The van der Waals surface area contributed by atoms with Gasteiger partial charge in [0.25, 0.3) is 0 Å². The van der Waals surface area contributed by atoms with Gasteiger partial charge in [-0.1, -0.05) is 17.7 Å². The fourth-order valence-electron chi connectivity index (χ4n) is 1.92. The number of nitrogens with one attached hydrogen (secondary N) is 1. The first-order chi connectivity index (χ1) is 9.67. The molecule has 0 aliphatic heterocycles. The van der Waals surface area contributed by atoms with Gasteiger partial charge in [0.1, 0.15) is 0 Å². The summed E-state index contributed by atoms with van der Waals surface area (Å²) >= 11 is 5.25. The third-order valence-corrected chi connectivity index (χ3v) is 4.51. The topological polar surface area (TPSA) is 50.9 Å². The molecule has 0 saturated carbocycles. The number of nitrogens with zero attached hydrogens (tertiary/aromatic N) is 1. The van der Waals surface area contributed by atoms with E-state index in [2.05, 4.69) is 63.6 Å². The van der Waals surface area contributed by atoms with Gasteiger partial charge in [0, 0.05) is 33.6 Å². The van der Waals surface area contributed by atoms with Crippen molar-refractivity contribution in [2.75, 3.05) is 5.75 Å². The first kappa shape index (κ1) is 15.5. The predicted octanol–water partition coefficient (Wildman–Crippen LogP) is 3.32. The number of pyridine rings is 1. The molecule has 2 rings (SSSR count). The van der Waals surface area contributed by atoms with E-state index in [0.717, 1.165) is 16.6 Å². The molecule has 0 saturated heterocycles. The number of aromatic nitrogens is 1. The number of thioether (sulfide) groups is 1. The summed E-state index contributed by atoms with van der Waals surface area (Å²) in [6.45, 7) is 2.11. The smallest absolute Gasteiger partial charge is 0.0410 e. The summed E-state index contributed by atoms with van der Waals surface area (Å²) in [4.78, 5) is 5.45. The van der Waals surface area contributed by atoms with Gasteiger partial charge in [-0.2, -0.15) is 0 Å². The molecule has 3 N–H and O–H groups in total. The van der Waals surface area contributed by atoms with Gasteiger partial charge in [-0.3, -0.25) is 16.3 Å². The van der Waals surface area contributed by atoms with E-state index in [9.17, 15) is 0 Å². The van der Waals surface area contributed by atoms with Crippen LogP contribution in [0.4, 0.5) is 0 Å². The van der Waals surface area contributed by atoms with Crippen molar-refractivity contribution in [1.82, 2.24) is 10.4 Å². The van der Waals surface area contributed by atoms with E-state index >= 15 is 0 Å². The zero-order valence-corrected chi connectivity index (χ0v) is 13.7. The molecule has 1 atom stereocenters. The Hall–Kier alpha value is -0.880. The largest absolute Gasteiger partial charge is 0.271 e. The number of hydrogen-bond acceptors (Lipinski definition) is 4. The molecule has 3 nitrogen and oxygen atoms in total. The highest BCUT2D eigenvalue weighted by Gasteiger charge is 2.09. The minimum atomic E-state index is 0.219. The number of benzene rings is 1. The highest BCUT2D eigenvalue weighted by Crippen LogP contribution is 2.21. The second kappa shape index (κ2) is 7.78. The van der Waals surface area contributed by atoms with Crippen LogP contribution in [-0.4, -0.2) is 16.8 Å². The zero-order chi connectivity index (χ0) is 14.4. The first-order valence-corrected chi connectivity index (χ1v) is 8.20. The average molecular weight is 352 g/mol. The predicted molar refractivity (Wildman–Crippen MR) is 88.7 cm³/mol. The van der Waals surface area contributed by atoms with E-state index in [1.54, 1.807) is 6.20 Å². The van der Waals surface area contributed by atoms with Crippen molar-refractivity contribution < 1.29 is 0 Å². The van der Waals surface area contributed by atoms with E-state index in [0.29, 0.717) is 0 Å².